The smallest absolute Gasteiger partial charge is 0.240 e. The topological polar surface area (TPSA) is 72.2 Å². The van der Waals surface area contributed by atoms with Crippen molar-refractivity contribution in [2.45, 2.75) is 37.8 Å². The predicted octanol–water partition coefficient (Wildman–Crippen LogP) is 2.81. The van der Waals surface area contributed by atoms with Crippen molar-refractivity contribution >= 4 is 21.4 Å². The first-order chi connectivity index (χ1) is 9.92. The highest BCUT2D eigenvalue weighted by Crippen LogP contribution is 2.18. The second-order valence-electron chi connectivity index (χ2n) is 4.90. The van der Waals surface area contributed by atoms with Crippen LogP contribution in [0.5, 0.6) is 0 Å². The molecule has 6 heteroatoms. The van der Waals surface area contributed by atoms with Crippen molar-refractivity contribution in [2.24, 2.45) is 5.73 Å². The molecule has 0 saturated heterocycles. The first-order valence-corrected chi connectivity index (χ1v) is 9.15. The van der Waals surface area contributed by atoms with E-state index in [0.29, 0.717) is 6.54 Å². The van der Waals surface area contributed by atoms with Gasteiger partial charge in [0.1, 0.15) is 0 Å². The van der Waals surface area contributed by atoms with Crippen LogP contribution in [0.2, 0.25) is 0 Å². The summed E-state index contributed by atoms with van der Waals surface area (Å²) in [7, 11) is -3.48. The van der Waals surface area contributed by atoms with Crippen LogP contribution in [0.4, 0.5) is 0 Å². The molecule has 0 aliphatic carbocycles. The fraction of sp³-hybridized carbons (Fsp3) is 0.333. The van der Waals surface area contributed by atoms with Crippen LogP contribution in [0.3, 0.4) is 0 Å². The lowest BCUT2D eigenvalue weighted by molar-refractivity contribution is 0.581. The second-order valence-corrected chi connectivity index (χ2v) is 7.92. The van der Waals surface area contributed by atoms with Crippen LogP contribution in [0.15, 0.2) is 41.3 Å². The van der Waals surface area contributed by atoms with Gasteiger partial charge in [0.25, 0.3) is 0 Å². The van der Waals surface area contributed by atoms with Gasteiger partial charge < -0.3 is 5.73 Å². The molecule has 1 aromatic heterocycles. The molecule has 0 spiro atoms. The van der Waals surface area contributed by atoms with E-state index in [-0.39, 0.29) is 10.9 Å². The van der Waals surface area contributed by atoms with Crippen LogP contribution in [-0.2, 0) is 23.0 Å². The fourth-order valence-corrected chi connectivity index (χ4v) is 3.90. The molecular formula is C15H20N2O2S2. The third-order valence-corrected chi connectivity index (χ3v) is 5.87. The van der Waals surface area contributed by atoms with Crippen molar-refractivity contribution in [3.63, 3.8) is 0 Å². The number of hydrogen-bond donors (Lipinski definition) is 2. The highest BCUT2D eigenvalue weighted by molar-refractivity contribution is 7.89. The number of sulfonamides is 1. The Labute approximate surface area is 130 Å². The van der Waals surface area contributed by atoms with Crippen molar-refractivity contribution in [3.8, 4) is 0 Å². The molecule has 1 heterocycles. The average molecular weight is 324 g/mol. The van der Waals surface area contributed by atoms with Gasteiger partial charge in [0.05, 0.1) is 4.90 Å². The molecule has 2 rings (SSSR count). The van der Waals surface area contributed by atoms with Gasteiger partial charge in [-0.25, -0.2) is 13.1 Å². The number of nitrogens with two attached hydrogens (primary N) is 1. The Morgan fingerprint density at radius 2 is 1.76 bits per heavy atom. The molecule has 21 heavy (non-hydrogen) atoms. The molecule has 0 saturated carbocycles. The Kier molecular flexibility index (Phi) is 5.16. The normalized spacial score (nSPS) is 13.3. The molecule has 1 unspecified atom stereocenters. The monoisotopic (exact) mass is 324 g/mol. The third kappa shape index (κ3) is 4.14. The number of nitrogens with one attached hydrogen (secondary N) is 1. The summed E-state index contributed by atoms with van der Waals surface area (Å²) in [5.74, 6) is 0. The second kappa shape index (κ2) is 6.70. The maximum Gasteiger partial charge on any atom is 0.240 e. The Bertz CT molecular complexity index is 689. The Balaban J connectivity index is 2.07. The number of aryl methyl sites for hydroxylation is 1. The molecule has 4 nitrogen and oxygen atoms in total. The fourth-order valence-electron chi connectivity index (χ4n) is 1.91. The highest BCUT2D eigenvalue weighted by atomic mass is 32.2. The first kappa shape index (κ1) is 16.2. The van der Waals surface area contributed by atoms with Crippen molar-refractivity contribution in [1.29, 1.82) is 0 Å². The molecule has 0 aliphatic rings. The summed E-state index contributed by atoms with van der Waals surface area (Å²) in [6, 6.07) is 10.6. The summed E-state index contributed by atoms with van der Waals surface area (Å²) in [6.45, 7) is 4.27. The lowest BCUT2D eigenvalue weighted by atomic mass is 10.1. The molecule has 114 valence electrons. The van der Waals surface area contributed by atoms with Crippen molar-refractivity contribution in [2.75, 3.05) is 0 Å². The summed E-state index contributed by atoms with van der Waals surface area (Å²) >= 11 is 1.63. The van der Waals surface area contributed by atoms with Gasteiger partial charge in [-0.1, -0.05) is 19.1 Å². The van der Waals surface area contributed by atoms with Crippen LogP contribution in [0.1, 0.15) is 35.2 Å². The van der Waals surface area contributed by atoms with Crippen molar-refractivity contribution < 1.29 is 8.42 Å². The van der Waals surface area contributed by atoms with Crippen LogP contribution >= 0.6 is 11.3 Å². The van der Waals surface area contributed by atoms with E-state index in [0.717, 1.165) is 16.9 Å². The minimum atomic E-state index is -3.48. The van der Waals surface area contributed by atoms with Crippen LogP contribution < -0.4 is 10.5 Å². The van der Waals surface area contributed by atoms with E-state index in [2.05, 4.69) is 11.6 Å². The number of hydrogen-bond acceptors (Lipinski definition) is 4. The minimum Gasteiger partial charge on any atom is -0.324 e. The van der Waals surface area contributed by atoms with Gasteiger partial charge >= 0.3 is 0 Å². The maximum atomic E-state index is 12.2. The van der Waals surface area contributed by atoms with Crippen LogP contribution in [0, 0.1) is 0 Å². The lowest BCUT2D eigenvalue weighted by Gasteiger charge is -2.08. The summed E-state index contributed by atoms with van der Waals surface area (Å²) in [4.78, 5) is 2.53. The van der Waals surface area contributed by atoms with Crippen LogP contribution in [-0.4, -0.2) is 8.42 Å². The van der Waals surface area contributed by atoms with Gasteiger partial charge in [-0.05, 0) is 43.2 Å². The SMILES string of the molecule is CCc1ccc(CNS(=O)(=O)c2ccc(C(C)N)cc2)s1. The van der Waals surface area contributed by atoms with E-state index in [4.69, 9.17) is 5.73 Å². The first-order valence-electron chi connectivity index (χ1n) is 6.85. The van der Waals surface area contributed by atoms with Gasteiger partial charge in [0.2, 0.25) is 10.0 Å². The zero-order valence-corrected chi connectivity index (χ0v) is 13.8. The van der Waals surface area contributed by atoms with Crippen molar-refractivity contribution in [3.05, 3.63) is 51.7 Å². The third-order valence-electron chi connectivity index (χ3n) is 3.22. The zero-order chi connectivity index (χ0) is 15.5. The van der Waals surface area contributed by atoms with Gasteiger partial charge in [0.15, 0.2) is 0 Å². The van der Waals surface area contributed by atoms with Crippen LogP contribution in [0.25, 0.3) is 0 Å². The van der Waals surface area contributed by atoms with Gasteiger partial charge in [-0.3, -0.25) is 0 Å². The summed E-state index contributed by atoms with van der Waals surface area (Å²) in [5, 5.41) is 0. The number of benzene rings is 1. The van der Waals surface area contributed by atoms with Crippen molar-refractivity contribution in [1.82, 2.24) is 4.72 Å². The molecule has 0 aliphatic heterocycles. The summed E-state index contributed by atoms with van der Waals surface area (Å²) < 4.78 is 27.1. The molecule has 0 radical (unpaired) electrons. The number of thiophene rings is 1. The largest absolute Gasteiger partial charge is 0.324 e. The highest BCUT2D eigenvalue weighted by Gasteiger charge is 2.14. The van der Waals surface area contributed by atoms with E-state index in [1.807, 2.05) is 19.1 Å². The van der Waals surface area contributed by atoms with E-state index >= 15 is 0 Å². The molecule has 0 fully saturated rings. The van der Waals surface area contributed by atoms with E-state index < -0.39 is 10.0 Å². The van der Waals surface area contributed by atoms with Gasteiger partial charge in [-0.2, -0.15) is 0 Å². The van der Waals surface area contributed by atoms with Gasteiger partial charge in [0, 0.05) is 22.3 Å². The molecule has 3 N–H and O–H groups in total. The Morgan fingerprint density at radius 3 is 2.29 bits per heavy atom. The summed E-state index contributed by atoms with van der Waals surface area (Å²) in [6.07, 6.45) is 0.968. The standard InChI is InChI=1S/C15H20N2O2S2/c1-3-13-6-7-14(20-13)10-17-21(18,19)15-8-4-12(5-9-15)11(2)16/h4-9,11,17H,3,10,16H2,1-2H3. The predicted molar refractivity (Wildman–Crippen MR) is 86.8 cm³/mol. The van der Waals surface area contributed by atoms with Gasteiger partial charge in [-0.15, -0.1) is 11.3 Å². The maximum absolute atomic E-state index is 12.2. The molecule has 0 bridgehead atoms. The average Bonchev–Trinajstić information content (AvgIpc) is 2.93. The minimum absolute atomic E-state index is 0.103. The van der Waals surface area contributed by atoms with E-state index in [1.165, 1.54) is 4.88 Å². The zero-order valence-electron chi connectivity index (χ0n) is 12.2. The van der Waals surface area contributed by atoms with E-state index in [1.54, 1.807) is 35.6 Å². The molecule has 2 aromatic rings. The summed E-state index contributed by atoms with van der Waals surface area (Å²) in [5.41, 5.74) is 6.68. The quantitative estimate of drug-likeness (QED) is 0.858. The Hall–Kier alpha value is -1.21. The molecule has 1 atom stereocenters. The molecular weight excluding hydrogens is 304 g/mol. The van der Waals surface area contributed by atoms with E-state index in [9.17, 15) is 8.42 Å². The lowest BCUT2D eigenvalue weighted by Crippen LogP contribution is -2.22. The Morgan fingerprint density at radius 1 is 1.14 bits per heavy atom. The number of rotatable bonds is 6. The molecule has 1 aromatic carbocycles. The molecule has 0 amide bonds.